The van der Waals surface area contributed by atoms with E-state index in [1.807, 2.05) is 25.1 Å². The molecule has 0 unspecified atom stereocenters. The van der Waals surface area contributed by atoms with E-state index < -0.39 is 0 Å². The summed E-state index contributed by atoms with van der Waals surface area (Å²) < 4.78 is 0. The zero-order valence-corrected chi connectivity index (χ0v) is 8.49. The van der Waals surface area contributed by atoms with E-state index in [1.54, 1.807) is 6.33 Å². The standard InChI is InChI=1S/C9H15N5/c1-14(2)9-3-8(11-6-12-9)13-7-4-10-5-7/h3,6-7,10H,4-5H2,1-2H3,(H,11,12,13). The summed E-state index contributed by atoms with van der Waals surface area (Å²) in [5.41, 5.74) is 0. The molecule has 1 fully saturated rings. The number of hydrogen-bond donors (Lipinski definition) is 2. The Balaban J connectivity index is 2.05. The van der Waals surface area contributed by atoms with Crippen LogP contribution in [0.5, 0.6) is 0 Å². The molecule has 0 aliphatic carbocycles. The maximum absolute atomic E-state index is 4.17. The minimum Gasteiger partial charge on any atom is -0.365 e. The first-order valence-electron chi connectivity index (χ1n) is 4.72. The molecule has 2 heterocycles. The first-order chi connectivity index (χ1) is 6.75. The number of rotatable bonds is 3. The lowest BCUT2D eigenvalue weighted by atomic mass is 10.2. The van der Waals surface area contributed by atoms with Gasteiger partial charge >= 0.3 is 0 Å². The van der Waals surface area contributed by atoms with Gasteiger partial charge in [0.15, 0.2) is 0 Å². The maximum atomic E-state index is 4.17. The van der Waals surface area contributed by atoms with Crippen LogP contribution in [-0.2, 0) is 0 Å². The molecule has 1 aliphatic heterocycles. The number of hydrogen-bond acceptors (Lipinski definition) is 5. The van der Waals surface area contributed by atoms with Crippen LogP contribution in [0, 0.1) is 0 Å². The van der Waals surface area contributed by atoms with Gasteiger partial charge in [-0.15, -0.1) is 0 Å². The van der Waals surface area contributed by atoms with Gasteiger partial charge in [-0.1, -0.05) is 0 Å². The van der Waals surface area contributed by atoms with E-state index >= 15 is 0 Å². The SMILES string of the molecule is CN(C)c1cc(NC2CNC2)ncn1. The summed E-state index contributed by atoms with van der Waals surface area (Å²) in [7, 11) is 3.94. The molecule has 5 heteroatoms. The molecule has 1 aromatic rings. The van der Waals surface area contributed by atoms with E-state index in [0.29, 0.717) is 6.04 Å². The minimum absolute atomic E-state index is 0.514. The van der Waals surface area contributed by atoms with E-state index in [0.717, 1.165) is 24.7 Å². The van der Waals surface area contributed by atoms with Crippen molar-refractivity contribution in [2.75, 3.05) is 37.4 Å². The average Bonchev–Trinajstić information content (AvgIpc) is 2.12. The fourth-order valence-electron chi connectivity index (χ4n) is 1.27. The van der Waals surface area contributed by atoms with Gasteiger partial charge in [0.05, 0.1) is 6.04 Å². The molecule has 0 amide bonds. The van der Waals surface area contributed by atoms with Gasteiger partial charge in [0, 0.05) is 33.3 Å². The molecule has 2 N–H and O–H groups in total. The van der Waals surface area contributed by atoms with E-state index in [9.17, 15) is 0 Å². The van der Waals surface area contributed by atoms with E-state index in [1.165, 1.54) is 0 Å². The summed E-state index contributed by atoms with van der Waals surface area (Å²) in [6.07, 6.45) is 1.59. The molecular weight excluding hydrogens is 178 g/mol. The second-order valence-electron chi connectivity index (χ2n) is 3.66. The summed E-state index contributed by atoms with van der Waals surface area (Å²) in [6, 6.07) is 2.47. The number of anilines is 2. The number of nitrogens with one attached hydrogen (secondary N) is 2. The summed E-state index contributed by atoms with van der Waals surface area (Å²) in [4.78, 5) is 10.3. The van der Waals surface area contributed by atoms with Crippen molar-refractivity contribution in [3.05, 3.63) is 12.4 Å². The van der Waals surface area contributed by atoms with Crippen molar-refractivity contribution in [3.8, 4) is 0 Å². The smallest absolute Gasteiger partial charge is 0.133 e. The van der Waals surface area contributed by atoms with Gasteiger partial charge in [-0.05, 0) is 0 Å². The summed E-state index contributed by atoms with van der Waals surface area (Å²) in [5.74, 6) is 1.82. The van der Waals surface area contributed by atoms with Crippen molar-refractivity contribution in [2.24, 2.45) is 0 Å². The maximum Gasteiger partial charge on any atom is 0.133 e. The number of nitrogens with zero attached hydrogens (tertiary/aromatic N) is 3. The normalized spacial score (nSPS) is 16.1. The summed E-state index contributed by atoms with van der Waals surface area (Å²) >= 11 is 0. The zero-order valence-electron chi connectivity index (χ0n) is 8.49. The minimum atomic E-state index is 0.514. The van der Waals surface area contributed by atoms with Crippen LogP contribution in [0.3, 0.4) is 0 Å². The largest absolute Gasteiger partial charge is 0.365 e. The van der Waals surface area contributed by atoms with E-state index in [2.05, 4.69) is 20.6 Å². The number of aromatic nitrogens is 2. The first kappa shape index (κ1) is 9.21. The molecule has 0 aromatic carbocycles. The molecular formula is C9H15N5. The highest BCUT2D eigenvalue weighted by atomic mass is 15.2. The molecule has 0 atom stereocenters. The van der Waals surface area contributed by atoms with Crippen molar-refractivity contribution in [1.29, 1.82) is 0 Å². The topological polar surface area (TPSA) is 53.1 Å². The summed E-state index contributed by atoms with van der Waals surface area (Å²) in [5, 5.41) is 6.54. The zero-order chi connectivity index (χ0) is 9.97. The molecule has 1 aromatic heterocycles. The molecule has 0 bridgehead atoms. The molecule has 76 valence electrons. The molecule has 0 spiro atoms. The Bertz CT molecular complexity index is 308. The van der Waals surface area contributed by atoms with Gasteiger partial charge in [-0.2, -0.15) is 0 Å². The fourth-order valence-corrected chi connectivity index (χ4v) is 1.27. The highest BCUT2D eigenvalue weighted by molar-refractivity contribution is 5.48. The molecule has 14 heavy (non-hydrogen) atoms. The van der Waals surface area contributed by atoms with E-state index in [-0.39, 0.29) is 0 Å². The summed E-state index contributed by atoms with van der Waals surface area (Å²) in [6.45, 7) is 2.03. The highest BCUT2D eigenvalue weighted by Gasteiger charge is 2.16. The average molecular weight is 193 g/mol. The van der Waals surface area contributed by atoms with Crippen molar-refractivity contribution in [3.63, 3.8) is 0 Å². The Kier molecular flexibility index (Phi) is 2.49. The van der Waals surface area contributed by atoms with Gasteiger partial charge in [0.2, 0.25) is 0 Å². The van der Waals surface area contributed by atoms with Crippen LogP contribution >= 0.6 is 0 Å². The third-order valence-corrected chi connectivity index (χ3v) is 2.24. The monoisotopic (exact) mass is 193 g/mol. The predicted molar refractivity (Wildman–Crippen MR) is 56.6 cm³/mol. The van der Waals surface area contributed by atoms with Gasteiger partial charge in [-0.3, -0.25) is 0 Å². The van der Waals surface area contributed by atoms with Crippen LogP contribution in [0.4, 0.5) is 11.6 Å². The molecule has 0 saturated carbocycles. The fraction of sp³-hybridized carbons (Fsp3) is 0.556. The van der Waals surface area contributed by atoms with Crippen LogP contribution in [0.15, 0.2) is 12.4 Å². The molecule has 0 radical (unpaired) electrons. The van der Waals surface area contributed by atoms with Crippen LogP contribution < -0.4 is 15.5 Å². The van der Waals surface area contributed by atoms with Gasteiger partial charge in [0.25, 0.3) is 0 Å². The molecule has 1 aliphatic rings. The Hall–Kier alpha value is -1.36. The second-order valence-corrected chi connectivity index (χ2v) is 3.66. The van der Waals surface area contributed by atoms with Crippen LogP contribution in [0.25, 0.3) is 0 Å². The lowest BCUT2D eigenvalue weighted by Crippen LogP contribution is -2.51. The van der Waals surface area contributed by atoms with E-state index in [4.69, 9.17) is 0 Å². The predicted octanol–water partition coefficient (Wildman–Crippen LogP) is -0.0737. The Morgan fingerprint density at radius 1 is 1.43 bits per heavy atom. The van der Waals surface area contributed by atoms with Gasteiger partial charge in [-0.25, -0.2) is 9.97 Å². The first-order valence-corrected chi connectivity index (χ1v) is 4.72. The van der Waals surface area contributed by atoms with Crippen LogP contribution in [0.1, 0.15) is 0 Å². The van der Waals surface area contributed by atoms with Gasteiger partial charge in [0.1, 0.15) is 18.0 Å². The Morgan fingerprint density at radius 3 is 2.79 bits per heavy atom. The van der Waals surface area contributed by atoms with Crippen molar-refractivity contribution in [1.82, 2.24) is 15.3 Å². The second kappa shape index (κ2) is 3.79. The quantitative estimate of drug-likeness (QED) is 0.703. The van der Waals surface area contributed by atoms with Gasteiger partial charge < -0.3 is 15.5 Å². The molecule has 2 rings (SSSR count). The Labute approximate surface area is 83.5 Å². The lowest BCUT2D eigenvalue weighted by Gasteiger charge is -2.28. The lowest BCUT2D eigenvalue weighted by molar-refractivity contribution is 0.471. The van der Waals surface area contributed by atoms with Crippen molar-refractivity contribution >= 4 is 11.6 Å². The van der Waals surface area contributed by atoms with Crippen molar-refractivity contribution < 1.29 is 0 Å². The third-order valence-electron chi connectivity index (χ3n) is 2.24. The highest BCUT2D eigenvalue weighted by Crippen LogP contribution is 2.12. The third kappa shape index (κ3) is 1.93. The molecule has 5 nitrogen and oxygen atoms in total. The molecule has 1 saturated heterocycles. The van der Waals surface area contributed by atoms with Crippen molar-refractivity contribution in [2.45, 2.75) is 6.04 Å². The Morgan fingerprint density at radius 2 is 2.21 bits per heavy atom. The van der Waals surface area contributed by atoms with Crippen LogP contribution in [0.2, 0.25) is 0 Å². The van der Waals surface area contributed by atoms with Crippen LogP contribution in [-0.4, -0.2) is 43.2 Å².